The van der Waals surface area contributed by atoms with Crippen LogP contribution in [0.3, 0.4) is 0 Å². The lowest BCUT2D eigenvalue weighted by Crippen LogP contribution is -2.69. The molecule has 0 saturated heterocycles. The topological polar surface area (TPSA) is 242 Å². The highest BCUT2D eigenvalue weighted by molar-refractivity contribution is 6.13. The first-order valence-electron chi connectivity index (χ1n) is 15.8. The second kappa shape index (κ2) is 13.8. The van der Waals surface area contributed by atoms with Gasteiger partial charge in [0.05, 0.1) is 22.3 Å². The number of hydrogen-bond donors (Lipinski definition) is 6. The normalized spacial score (nSPS) is 12.4. The SMILES string of the molecule is O=C(O)c1ccc2c(C(C(=O)O)(c3c(C(=O)O)ccc4ccc(C(=O)O)cc34)C(Oc3ccccc3)(Oc3ccccc3)C(=O)O)c(C(=O)O)ccc2c1. The van der Waals surface area contributed by atoms with E-state index >= 15 is 0 Å². The number of carboxylic acids is 6. The Labute approximate surface area is 303 Å². The maximum absolute atomic E-state index is 14.8. The molecule has 6 N–H and O–H groups in total. The van der Waals surface area contributed by atoms with Gasteiger partial charge in [0.1, 0.15) is 11.5 Å². The summed E-state index contributed by atoms with van der Waals surface area (Å²) in [5.74, 6) is -15.3. The minimum absolute atomic E-state index is 0.0228. The molecule has 0 saturated carbocycles. The van der Waals surface area contributed by atoms with Crippen LogP contribution in [0.4, 0.5) is 0 Å². The molecule has 6 aromatic carbocycles. The third-order valence-corrected chi connectivity index (χ3v) is 8.85. The van der Waals surface area contributed by atoms with Crippen LogP contribution >= 0.6 is 0 Å². The lowest BCUT2D eigenvalue weighted by atomic mass is 9.62. The van der Waals surface area contributed by atoms with Crippen LogP contribution in [0.25, 0.3) is 21.5 Å². The van der Waals surface area contributed by atoms with Crippen LogP contribution in [0.5, 0.6) is 11.5 Å². The van der Waals surface area contributed by atoms with Gasteiger partial charge in [-0.1, -0.05) is 60.7 Å². The van der Waals surface area contributed by atoms with Gasteiger partial charge >= 0.3 is 41.6 Å². The van der Waals surface area contributed by atoms with Crippen molar-refractivity contribution in [3.05, 3.63) is 155 Å². The number of benzene rings is 6. The molecule has 1 atom stereocenters. The Kier molecular flexibility index (Phi) is 9.19. The zero-order valence-corrected chi connectivity index (χ0v) is 27.5. The number of ether oxygens (including phenoxy) is 2. The monoisotopic (exact) mass is 730 g/mol. The first-order chi connectivity index (χ1) is 25.7. The Hall–Kier alpha value is -7.74. The molecule has 6 rings (SSSR count). The molecule has 14 nitrogen and oxygen atoms in total. The minimum Gasteiger partial charge on any atom is -0.480 e. The molecule has 0 radical (unpaired) electrons. The fourth-order valence-corrected chi connectivity index (χ4v) is 6.62. The minimum atomic E-state index is -3.71. The van der Waals surface area contributed by atoms with Crippen LogP contribution in [0, 0.1) is 0 Å². The highest BCUT2D eigenvalue weighted by Gasteiger charge is 2.72. The standard InChI is InChI=1S/C40H26O14/c41-33(42)23-15-16-27-22(19-23)14-18-28(35(45)46)31(27)39(37(49)50,32-29(36(47)48)17-13-21-11-12-24(34(43)44)20-30(21)32)40(38(51)52,53-25-7-3-1-4-8-25)54-26-9-5-2-6-10-26/h1-20H,(H,41,42)(H,43,44)(H,45,46)(H,47,48)(H,49,50)(H,51,52). The van der Waals surface area contributed by atoms with Gasteiger partial charge in [-0.05, 0) is 82.2 Å². The Balaban J connectivity index is 2.01. The Bertz CT molecular complexity index is 2480. The summed E-state index contributed by atoms with van der Waals surface area (Å²) in [4.78, 5) is 80.0. The van der Waals surface area contributed by atoms with E-state index in [1.807, 2.05) is 0 Å². The zero-order valence-electron chi connectivity index (χ0n) is 27.5. The summed E-state index contributed by atoms with van der Waals surface area (Å²) in [6.45, 7) is 0. The van der Waals surface area contributed by atoms with Crippen LogP contribution in [0.2, 0.25) is 0 Å². The molecule has 14 heteroatoms. The Morgan fingerprint density at radius 2 is 0.870 bits per heavy atom. The van der Waals surface area contributed by atoms with Crippen molar-refractivity contribution < 1.29 is 68.9 Å². The largest absolute Gasteiger partial charge is 0.480 e. The van der Waals surface area contributed by atoms with E-state index in [1.165, 1.54) is 78.9 Å². The summed E-state index contributed by atoms with van der Waals surface area (Å²) in [6, 6.07) is 24.5. The highest BCUT2D eigenvalue weighted by Crippen LogP contribution is 2.53. The summed E-state index contributed by atoms with van der Waals surface area (Å²) >= 11 is 0. The van der Waals surface area contributed by atoms with E-state index in [2.05, 4.69) is 0 Å². The fraction of sp³-hybridized carbons (Fsp3) is 0.0500. The van der Waals surface area contributed by atoms with Gasteiger partial charge in [-0.15, -0.1) is 0 Å². The zero-order chi connectivity index (χ0) is 38.9. The fourth-order valence-electron chi connectivity index (χ4n) is 6.62. The Morgan fingerprint density at radius 3 is 1.33 bits per heavy atom. The molecule has 1 unspecified atom stereocenters. The van der Waals surface area contributed by atoms with Gasteiger partial charge in [0.2, 0.25) is 5.41 Å². The van der Waals surface area contributed by atoms with E-state index < -0.39 is 80.2 Å². The van der Waals surface area contributed by atoms with E-state index in [0.717, 1.165) is 42.5 Å². The highest BCUT2D eigenvalue weighted by atomic mass is 16.7. The van der Waals surface area contributed by atoms with Crippen LogP contribution in [-0.4, -0.2) is 72.2 Å². The molecule has 0 aromatic heterocycles. The van der Waals surface area contributed by atoms with E-state index in [1.54, 1.807) is 0 Å². The second-order valence-corrected chi connectivity index (χ2v) is 11.9. The summed E-state index contributed by atoms with van der Waals surface area (Å²) < 4.78 is 12.4. The second-order valence-electron chi connectivity index (χ2n) is 11.9. The van der Waals surface area contributed by atoms with Crippen molar-refractivity contribution in [3.8, 4) is 11.5 Å². The molecular formula is C40H26O14. The molecule has 0 aliphatic carbocycles. The van der Waals surface area contributed by atoms with Crippen molar-refractivity contribution in [2.45, 2.75) is 11.2 Å². The van der Waals surface area contributed by atoms with Crippen LogP contribution in [0.15, 0.2) is 121 Å². The quantitative estimate of drug-likeness (QED) is 0.0737. The summed E-state index contributed by atoms with van der Waals surface area (Å²) in [5, 5.41) is 63.9. The third-order valence-electron chi connectivity index (χ3n) is 8.85. The van der Waals surface area contributed by atoms with E-state index in [4.69, 9.17) is 9.47 Å². The van der Waals surface area contributed by atoms with Crippen molar-refractivity contribution in [1.82, 2.24) is 0 Å². The maximum Gasteiger partial charge on any atom is 0.392 e. The smallest absolute Gasteiger partial charge is 0.392 e. The number of rotatable bonds is 13. The van der Waals surface area contributed by atoms with Crippen LogP contribution < -0.4 is 9.47 Å². The number of hydrogen-bond acceptors (Lipinski definition) is 8. The van der Waals surface area contributed by atoms with Crippen molar-refractivity contribution in [2.24, 2.45) is 0 Å². The number of fused-ring (bicyclic) bond motifs is 2. The molecule has 0 fully saturated rings. The Morgan fingerprint density at radius 1 is 0.426 bits per heavy atom. The number of carboxylic acid groups (broad SMARTS) is 6. The van der Waals surface area contributed by atoms with Gasteiger partial charge in [-0.25, -0.2) is 24.0 Å². The molecule has 0 aliphatic heterocycles. The van der Waals surface area contributed by atoms with E-state index in [9.17, 15) is 59.4 Å². The van der Waals surface area contributed by atoms with Crippen molar-refractivity contribution in [2.75, 3.05) is 0 Å². The predicted molar refractivity (Wildman–Crippen MR) is 189 cm³/mol. The first-order valence-corrected chi connectivity index (χ1v) is 15.8. The average Bonchev–Trinajstić information content (AvgIpc) is 3.14. The van der Waals surface area contributed by atoms with Gasteiger partial charge in [0.15, 0.2) is 0 Å². The first kappa shape index (κ1) is 36.1. The van der Waals surface area contributed by atoms with Crippen LogP contribution in [0.1, 0.15) is 52.6 Å². The molecule has 6 aromatic rings. The van der Waals surface area contributed by atoms with Crippen molar-refractivity contribution >= 4 is 57.4 Å². The van der Waals surface area contributed by atoms with Gasteiger partial charge < -0.3 is 40.1 Å². The number of carbonyl (C=O) groups is 6. The van der Waals surface area contributed by atoms with Gasteiger partial charge in [-0.3, -0.25) is 4.79 Å². The summed E-state index contributed by atoms with van der Waals surface area (Å²) in [6.07, 6.45) is 0. The van der Waals surface area contributed by atoms with E-state index in [-0.39, 0.29) is 33.2 Å². The summed E-state index contributed by atoms with van der Waals surface area (Å²) in [7, 11) is 0. The van der Waals surface area contributed by atoms with Crippen molar-refractivity contribution in [3.63, 3.8) is 0 Å². The molecule has 270 valence electrons. The maximum atomic E-state index is 14.8. The van der Waals surface area contributed by atoms with Gasteiger partial charge in [0.25, 0.3) is 0 Å². The van der Waals surface area contributed by atoms with E-state index in [0.29, 0.717) is 0 Å². The number of aliphatic carboxylic acids is 2. The van der Waals surface area contributed by atoms with Crippen LogP contribution in [-0.2, 0) is 15.0 Å². The summed E-state index contributed by atoms with van der Waals surface area (Å²) in [5.41, 5.74) is -7.98. The predicted octanol–water partition coefficient (Wildman–Crippen LogP) is 6.10. The molecule has 0 heterocycles. The lowest BCUT2D eigenvalue weighted by molar-refractivity contribution is -0.208. The van der Waals surface area contributed by atoms with Gasteiger partial charge in [-0.2, -0.15) is 0 Å². The molecule has 0 spiro atoms. The number of para-hydroxylation sites is 2. The average molecular weight is 731 g/mol. The molecule has 0 bridgehead atoms. The molecule has 0 aliphatic rings. The molecule has 54 heavy (non-hydrogen) atoms. The number of aromatic carboxylic acids is 4. The third kappa shape index (κ3) is 5.82. The van der Waals surface area contributed by atoms with Gasteiger partial charge in [0, 0.05) is 11.1 Å². The molecular weight excluding hydrogens is 704 g/mol. The molecule has 0 amide bonds. The van der Waals surface area contributed by atoms with Crippen molar-refractivity contribution in [1.29, 1.82) is 0 Å². The lowest BCUT2D eigenvalue weighted by Gasteiger charge is -2.45.